The number of Topliss-reactive ketones (excluding diaryl/α,β-unsaturated/α-hetero) is 1. The molecule has 0 N–H and O–H groups in total. The average molecular weight is 358 g/mol. The molecular formula is C15H22N2O6S. The number of carbonyl (C=O) groups is 2. The third-order valence-corrected chi connectivity index (χ3v) is 5.79. The van der Waals surface area contributed by atoms with E-state index in [0.717, 1.165) is 0 Å². The van der Waals surface area contributed by atoms with Gasteiger partial charge in [0.1, 0.15) is 0 Å². The van der Waals surface area contributed by atoms with Gasteiger partial charge < -0.3 is 14.1 Å². The van der Waals surface area contributed by atoms with Crippen LogP contribution in [0.3, 0.4) is 0 Å². The van der Waals surface area contributed by atoms with Gasteiger partial charge in [0, 0.05) is 46.8 Å². The van der Waals surface area contributed by atoms with Crippen LogP contribution in [0.1, 0.15) is 34.5 Å². The first kappa shape index (κ1) is 18.6. The van der Waals surface area contributed by atoms with Crippen molar-refractivity contribution in [2.24, 2.45) is 0 Å². The van der Waals surface area contributed by atoms with Gasteiger partial charge >= 0.3 is 0 Å². The van der Waals surface area contributed by atoms with Crippen molar-refractivity contribution in [1.29, 1.82) is 0 Å². The Hall–Kier alpha value is -1.71. The molecule has 0 aromatic carbocycles. The summed E-state index contributed by atoms with van der Waals surface area (Å²) in [6.07, 6.45) is 0.443. The number of ketones is 1. The van der Waals surface area contributed by atoms with Crippen molar-refractivity contribution in [2.45, 2.75) is 13.3 Å². The smallest absolute Gasteiger partial charge is 0.289 e. The standard InChI is InChI=1S/C15H22N2O6S/c1-12(18)13-4-5-14(23-13)15(19)16-6-8-17(9-7-16)24(20,21)11-3-10-22-2/h4-5H,3,6-11H2,1-2H3. The summed E-state index contributed by atoms with van der Waals surface area (Å²) in [4.78, 5) is 25.1. The molecule has 0 bridgehead atoms. The van der Waals surface area contributed by atoms with E-state index >= 15 is 0 Å². The lowest BCUT2D eigenvalue weighted by Gasteiger charge is -2.33. The zero-order valence-electron chi connectivity index (χ0n) is 13.9. The summed E-state index contributed by atoms with van der Waals surface area (Å²) in [7, 11) is -1.80. The van der Waals surface area contributed by atoms with Gasteiger partial charge in [-0.2, -0.15) is 4.31 Å². The first-order valence-corrected chi connectivity index (χ1v) is 9.33. The summed E-state index contributed by atoms with van der Waals surface area (Å²) in [6, 6.07) is 2.93. The Balaban J connectivity index is 1.91. The number of methoxy groups -OCH3 is 1. The predicted molar refractivity (Wildman–Crippen MR) is 86.5 cm³/mol. The summed E-state index contributed by atoms with van der Waals surface area (Å²) in [5, 5.41) is 0. The van der Waals surface area contributed by atoms with Gasteiger partial charge in [-0.05, 0) is 18.6 Å². The van der Waals surface area contributed by atoms with Gasteiger partial charge in [-0.3, -0.25) is 9.59 Å². The highest BCUT2D eigenvalue weighted by Gasteiger charge is 2.30. The van der Waals surface area contributed by atoms with Crippen LogP contribution in [0.4, 0.5) is 0 Å². The third kappa shape index (κ3) is 4.43. The fourth-order valence-electron chi connectivity index (χ4n) is 2.48. The highest BCUT2D eigenvalue weighted by Crippen LogP contribution is 2.15. The lowest BCUT2D eigenvalue weighted by molar-refractivity contribution is 0.0663. The maximum absolute atomic E-state index is 12.3. The minimum Gasteiger partial charge on any atom is -0.448 e. The summed E-state index contributed by atoms with van der Waals surface area (Å²) in [6.45, 7) is 2.84. The first-order chi connectivity index (χ1) is 11.3. The molecule has 1 aliphatic rings. The number of hydrogen-bond donors (Lipinski definition) is 0. The number of piperazine rings is 1. The SMILES string of the molecule is COCCCS(=O)(=O)N1CCN(C(=O)c2ccc(C(C)=O)o2)CC1. The Morgan fingerprint density at radius 2 is 1.79 bits per heavy atom. The zero-order chi connectivity index (χ0) is 17.7. The van der Waals surface area contributed by atoms with Crippen LogP contribution in [0.15, 0.2) is 16.5 Å². The molecule has 134 valence electrons. The van der Waals surface area contributed by atoms with Gasteiger partial charge in [0.25, 0.3) is 5.91 Å². The summed E-state index contributed by atoms with van der Waals surface area (Å²) in [5.41, 5.74) is 0. The molecule has 1 aromatic rings. The van der Waals surface area contributed by atoms with Gasteiger partial charge in [-0.1, -0.05) is 0 Å². The average Bonchev–Trinajstić information content (AvgIpc) is 3.05. The molecule has 2 heterocycles. The lowest BCUT2D eigenvalue weighted by atomic mass is 10.3. The van der Waals surface area contributed by atoms with E-state index in [0.29, 0.717) is 26.1 Å². The number of amides is 1. The number of sulfonamides is 1. The van der Waals surface area contributed by atoms with E-state index < -0.39 is 10.0 Å². The quantitative estimate of drug-likeness (QED) is 0.523. The van der Waals surface area contributed by atoms with Crippen LogP contribution in [-0.4, -0.2) is 75.0 Å². The van der Waals surface area contributed by atoms with Crippen molar-refractivity contribution < 1.29 is 27.2 Å². The molecule has 1 fully saturated rings. The Morgan fingerprint density at radius 1 is 1.17 bits per heavy atom. The molecule has 1 saturated heterocycles. The Morgan fingerprint density at radius 3 is 2.33 bits per heavy atom. The van der Waals surface area contributed by atoms with Crippen LogP contribution in [-0.2, 0) is 14.8 Å². The molecule has 0 atom stereocenters. The molecule has 9 heteroatoms. The monoisotopic (exact) mass is 358 g/mol. The van der Waals surface area contributed by atoms with Crippen LogP contribution < -0.4 is 0 Å². The highest BCUT2D eigenvalue weighted by atomic mass is 32.2. The number of rotatable bonds is 7. The number of hydrogen-bond acceptors (Lipinski definition) is 6. The fraction of sp³-hybridized carbons (Fsp3) is 0.600. The predicted octanol–water partition coefficient (Wildman–Crippen LogP) is 0.606. The molecule has 2 rings (SSSR count). The molecule has 0 spiro atoms. The molecule has 0 aliphatic carbocycles. The normalized spacial score (nSPS) is 16.3. The summed E-state index contributed by atoms with van der Waals surface area (Å²) >= 11 is 0. The van der Waals surface area contributed by atoms with Crippen molar-refractivity contribution in [3.8, 4) is 0 Å². The van der Waals surface area contributed by atoms with Crippen LogP contribution in [0.2, 0.25) is 0 Å². The molecule has 0 saturated carbocycles. The van der Waals surface area contributed by atoms with E-state index in [1.165, 1.54) is 35.4 Å². The van der Waals surface area contributed by atoms with Gasteiger partial charge in [0.2, 0.25) is 10.0 Å². The van der Waals surface area contributed by atoms with E-state index in [-0.39, 0.29) is 42.1 Å². The van der Waals surface area contributed by atoms with Crippen molar-refractivity contribution in [2.75, 3.05) is 45.6 Å². The number of carbonyl (C=O) groups excluding carboxylic acids is 2. The first-order valence-electron chi connectivity index (χ1n) is 7.72. The Kier molecular flexibility index (Phi) is 6.14. The summed E-state index contributed by atoms with van der Waals surface area (Å²) in [5.74, 6) is -0.316. The second kappa shape index (κ2) is 7.91. The molecule has 8 nitrogen and oxygen atoms in total. The molecule has 0 radical (unpaired) electrons. The molecule has 1 aromatic heterocycles. The highest BCUT2D eigenvalue weighted by molar-refractivity contribution is 7.89. The second-order valence-corrected chi connectivity index (χ2v) is 7.66. The van der Waals surface area contributed by atoms with Crippen LogP contribution >= 0.6 is 0 Å². The second-order valence-electron chi connectivity index (χ2n) is 5.57. The third-order valence-electron chi connectivity index (χ3n) is 3.83. The Bertz CT molecular complexity index is 689. The van der Waals surface area contributed by atoms with Gasteiger partial charge in [-0.25, -0.2) is 8.42 Å². The van der Waals surface area contributed by atoms with Crippen LogP contribution in [0, 0.1) is 0 Å². The van der Waals surface area contributed by atoms with Crippen molar-refractivity contribution in [1.82, 2.24) is 9.21 Å². The lowest BCUT2D eigenvalue weighted by Crippen LogP contribution is -2.51. The summed E-state index contributed by atoms with van der Waals surface area (Å²) < 4.78 is 35.9. The van der Waals surface area contributed by atoms with Gasteiger partial charge in [0.15, 0.2) is 17.3 Å². The molecule has 24 heavy (non-hydrogen) atoms. The maximum Gasteiger partial charge on any atom is 0.289 e. The molecule has 1 amide bonds. The van der Waals surface area contributed by atoms with Crippen molar-refractivity contribution in [3.63, 3.8) is 0 Å². The minimum absolute atomic E-state index is 0.0366. The van der Waals surface area contributed by atoms with Gasteiger partial charge in [-0.15, -0.1) is 0 Å². The minimum atomic E-state index is -3.33. The largest absolute Gasteiger partial charge is 0.448 e. The number of ether oxygens (including phenoxy) is 1. The van der Waals surface area contributed by atoms with E-state index in [4.69, 9.17) is 9.15 Å². The number of furan rings is 1. The van der Waals surface area contributed by atoms with Crippen molar-refractivity contribution >= 4 is 21.7 Å². The molecular weight excluding hydrogens is 336 g/mol. The van der Waals surface area contributed by atoms with E-state index in [9.17, 15) is 18.0 Å². The maximum atomic E-state index is 12.3. The van der Waals surface area contributed by atoms with Crippen LogP contribution in [0.25, 0.3) is 0 Å². The molecule has 0 unspecified atom stereocenters. The zero-order valence-corrected chi connectivity index (χ0v) is 14.7. The topological polar surface area (TPSA) is 97.1 Å². The van der Waals surface area contributed by atoms with Gasteiger partial charge in [0.05, 0.1) is 5.75 Å². The van der Waals surface area contributed by atoms with E-state index in [1.54, 1.807) is 0 Å². The fourth-order valence-corrected chi connectivity index (χ4v) is 3.94. The van der Waals surface area contributed by atoms with Crippen LogP contribution in [0.5, 0.6) is 0 Å². The van der Waals surface area contributed by atoms with Crippen molar-refractivity contribution in [3.05, 3.63) is 23.7 Å². The number of nitrogens with zero attached hydrogens (tertiary/aromatic N) is 2. The molecule has 1 aliphatic heterocycles. The van der Waals surface area contributed by atoms with E-state index in [2.05, 4.69) is 0 Å². The Labute approximate surface area is 141 Å². The van der Waals surface area contributed by atoms with E-state index in [1.807, 2.05) is 0 Å².